The lowest BCUT2D eigenvalue weighted by atomic mass is 9.81. The van der Waals surface area contributed by atoms with Gasteiger partial charge in [-0.25, -0.2) is 4.79 Å². The molecule has 0 amide bonds. The van der Waals surface area contributed by atoms with E-state index >= 15 is 0 Å². The van der Waals surface area contributed by atoms with E-state index in [0.29, 0.717) is 0 Å². The largest absolute Gasteiger partial charge is 0.369 e. The lowest BCUT2D eigenvalue weighted by Crippen LogP contribution is -2.46. The van der Waals surface area contributed by atoms with Gasteiger partial charge in [0, 0.05) is 14.1 Å². The predicted octanol–water partition coefficient (Wildman–Crippen LogP) is 1.68. The van der Waals surface area contributed by atoms with Crippen molar-refractivity contribution in [1.29, 1.82) is 0 Å². The third-order valence-corrected chi connectivity index (χ3v) is 2.80. The summed E-state index contributed by atoms with van der Waals surface area (Å²) >= 11 is 0. The van der Waals surface area contributed by atoms with Gasteiger partial charge in [-0.05, 0) is 12.3 Å². The van der Waals surface area contributed by atoms with Crippen molar-refractivity contribution in [3.63, 3.8) is 0 Å². The Kier molecular flexibility index (Phi) is 4.26. The van der Waals surface area contributed by atoms with Gasteiger partial charge in [-0.2, -0.15) is 0 Å². The zero-order chi connectivity index (χ0) is 13.1. The molecule has 1 aliphatic rings. The van der Waals surface area contributed by atoms with Gasteiger partial charge in [0.05, 0.1) is 12.1 Å². The van der Waals surface area contributed by atoms with Gasteiger partial charge in [-0.3, -0.25) is 4.99 Å². The van der Waals surface area contributed by atoms with Crippen LogP contribution in [0.25, 0.3) is 0 Å². The first kappa shape index (κ1) is 13.7. The highest BCUT2D eigenvalue weighted by atomic mass is 16.7. The van der Waals surface area contributed by atoms with Crippen molar-refractivity contribution >= 4 is 18.0 Å². The topological polar surface area (TPSA) is 54.3 Å². The quantitative estimate of drug-likeness (QED) is 0.417. The van der Waals surface area contributed by atoms with Crippen LogP contribution >= 0.6 is 0 Å². The second kappa shape index (κ2) is 5.29. The summed E-state index contributed by atoms with van der Waals surface area (Å²) in [4.78, 5) is 23.0. The Balaban J connectivity index is 3.12. The maximum absolute atomic E-state index is 12.0. The molecule has 5 heteroatoms. The van der Waals surface area contributed by atoms with Crippen LogP contribution in [0.1, 0.15) is 33.6 Å². The van der Waals surface area contributed by atoms with Crippen LogP contribution in [0.5, 0.6) is 0 Å². The summed E-state index contributed by atoms with van der Waals surface area (Å²) < 4.78 is 0. The fourth-order valence-electron chi connectivity index (χ4n) is 1.88. The van der Waals surface area contributed by atoms with Crippen molar-refractivity contribution in [3.05, 3.63) is 0 Å². The minimum atomic E-state index is -0.930. The van der Waals surface area contributed by atoms with Crippen LogP contribution in [0.15, 0.2) is 10.1 Å². The number of aliphatic imine (C=N–C) groups is 1. The van der Waals surface area contributed by atoms with Crippen LogP contribution < -0.4 is 0 Å². The first-order valence-electron chi connectivity index (χ1n) is 5.95. The van der Waals surface area contributed by atoms with Crippen LogP contribution in [-0.4, -0.2) is 42.6 Å². The summed E-state index contributed by atoms with van der Waals surface area (Å²) in [6.45, 7) is 5.97. The van der Waals surface area contributed by atoms with Crippen molar-refractivity contribution < 1.29 is 9.63 Å². The molecule has 5 nitrogen and oxygen atoms in total. The van der Waals surface area contributed by atoms with E-state index in [0.717, 1.165) is 18.6 Å². The molecular weight excluding hydrogens is 218 g/mol. The zero-order valence-corrected chi connectivity index (χ0v) is 11.2. The van der Waals surface area contributed by atoms with E-state index in [1.165, 1.54) is 0 Å². The molecule has 1 rings (SSSR count). The molecule has 96 valence electrons. The molecule has 0 fully saturated rings. The monoisotopic (exact) mass is 239 g/mol. The lowest BCUT2D eigenvalue weighted by molar-refractivity contribution is -0.145. The standard InChI is InChI=1S/C12H21N3O2/c1-6-7-10-12(9(2)3,11(16)17-14-10)13-8-15(4)5/h8-9H,6-7H2,1-5H3. The molecule has 0 radical (unpaired) electrons. The third kappa shape index (κ3) is 2.48. The number of nitrogens with zero attached hydrogens (tertiary/aromatic N) is 3. The van der Waals surface area contributed by atoms with Gasteiger partial charge in [0.2, 0.25) is 5.54 Å². The van der Waals surface area contributed by atoms with Gasteiger partial charge in [-0.15, -0.1) is 0 Å². The SMILES string of the molecule is CCCC1=NOC(=O)C1(N=CN(C)C)C(C)C. The summed E-state index contributed by atoms with van der Waals surface area (Å²) in [5, 5.41) is 3.89. The smallest absolute Gasteiger partial charge is 0.368 e. The number of carbonyl (C=O) groups is 1. The van der Waals surface area contributed by atoms with Gasteiger partial charge >= 0.3 is 5.97 Å². The van der Waals surface area contributed by atoms with Gasteiger partial charge in [0.15, 0.2) is 0 Å². The molecule has 0 N–H and O–H groups in total. The Labute approximate surface area is 103 Å². The molecule has 1 atom stereocenters. The van der Waals surface area contributed by atoms with Gasteiger partial charge in [0.1, 0.15) is 0 Å². The van der Waals surface area contributed by atoms with Crippen LogP contribution in [0.4, 0.5) is 0 Å². The van der Waals surface area contributed by atoms with Crippen molar-refractivity contribution in [1.82, 2.24) is 4.90 Å². The van der Waals surface area contributed by atoms with Crippen LogP contribution in [0, 0.1) is 5.92 Å². The highest BCUT2D eigenvalue weighted by molar-refractivity contribution is 6.15. The molecule has 0 bridgehead atoms. The number of rotatable bonds is 5. The summed E-state index contributed by atoms with van der Waals surface area (Å²) in [6.07, 6.45) is 3.30. The second-order valence-corrected chi connectivity index (χ2v) is 4.80. The van der Waals surface area contributed by atoms with Gasteiger partial charge in [0.25, 0.3) is 0 Å². The Morgan fingerprint density at radius 3 is 2.65 bits per heavy atom. The Morgan fingerprint density at radius 1 is 1.53 bits per heavy atom. The molecule has 17 heavy (non-hydrogen) atoms. The molecule has 1 aliphatic heterocycles. The van der Waals surface area contributed by atoms with Crippen molar-refractivity contribution in [2.24, 2.45) is 16.1 Å². The molecule has 0 aromatic heterocycles. The van der Waals surface area contributed by atoms with Crippen LogP contribution in [0.3, 0.4) is 0 Å². The number of carbonyl (C=O) groups excluding carboxylic acids is 1. The predicted molar refractivity (Wildman–Crippen MR) is 68.2 cm³/mol. The maximum Gasteiger partial charge on any atom is 0.368 e. The molecule has 0 aliphatic carbocycles. The highest BCUT2D eigenvalue weighted by Gasteiger charge is 2.51. The fraction of sp³-hybridized carbons (Fsp3) is 0.750. The van der Waals surface area contributed by atoms with Gasteiger partial charge in [-0.1, -0.05) is 32.3 Å². The molecule has 0 aromatic rings. The summed E-state index contributed by atoms with van der Waals surface area (Å²) in [6, 6.07) is 0. The normalized spacial score (nSPS) is 24.4. The fourth-order valence-corrected chi connectivity index (χ4v) is 1.88. The van der Waals surface area contributed by atoms with E-state index in [1.807, 2.05) is 34.9 Å². The van der Waals surface area contributed by atoms with Crippen LogP contribution in [-0.2, 0) is 9.63 Å². The third-order valence-electron chi connectivity index (χ3n) is 2.80. The molecular formula is C12H21N3O2. The summed E-state index contributed by atoms with van der Waals surface area (Å²) in [5.41, 5.74) is -0.196. The average Bonchev–Trinajstić information content (AvgIpc) is 2.55. The molecule has 0 spiro atoms. The number of oxime groups is 1. The summed E-state index contributed by atoms with van der Waals surface area (Å²) in [5.74, 6) is -0.340. The second-order valence-electron chi connectivity index (χ2n) is 4.80. The van der Waals surface area contributed by atoms with Crippen molar-refractivity contribution in [2.75, 3.05) is 14.1 Å². The summed E-state index contributed by atoms with van der Waals surface area (Å²) in [7, 11) is 3.74. The van der Waals surface area contributed by atoms with E-state index < -0.39 is 5.54 Å². The Hall–Kier alpha value is -1.39. The van der Waals surface area contributed by atoms with Crippen molar-refractivity contribution in [2.45, 2.75) is 39.2 Å². The maximum atomic E-state index is 12.0. The Bertz CT molecular complexity index is 348. The number of hydrogen-bond acceptors (Lipinski definition) is 4. The van der Waals surface area contributed by atoms with E-state index in [-0.39, 0.29) is 11.9 Å². The lowest BCUT2D eigenvalue weighted by Gasteiger charge is -2.26. The molecule has 0 aromatic carbocycles. The Morgan fingerprint density at radius 2 is 2.18 bits per heavy atom. The zero-order valence-electron chi connectivity index (χ0n) is 11.2. The first-order valence-corrected chi connectivity index (χ1v) is 5.95. The van der Waals surface area contributed by atoms with E-state index in [9.17, 15) is 4.79 Å². The number of hydrogen-bond donors (Lipinski definition) is 0. The molecule has 0 saturated heterocycles. The first-order chi connectivity index (χ1) is 7.95. The minimum Gasteiger partial charge on any atom is -0.369 e. The van der Waals surface area contributed by atoms with E-state index in [4.69, 9.17) is 4.84 Å². The van der Waals surface area contributed by atoms with Gasteiger partial charge < -0.3 is 9.74 Å². The van der Waals surface area contributed by atoms with Crippen LogP contribution in [0.2, 0.25) is 0 Å². The molecule has 1 unspecified atom stereocenters. The highest BCUT2D eigenvalue weighted by Crippen LogP contribution is 2.32. The van der Waals surface area contributed by atoms with E-state index in [1.54, 1.807) is 11.2 Å². The minimum absolute atomic E-state index is 0.0269. The molecule has 0 saturated carbocycles. The van der Waals surface area contributed by atoms with E-state index in [2.05, 4.69) is 10.1 Å². The molecule has 1 heterocycles. The van der Waals surface area contributed by atoms with Crippen molar-refractivity contribution in [3.8, 4) is 0 Å². The average molecular weight is 239 g/mol.